The number of hydrogen-bond acceptors (Lipinski definition) is 3. The van der Waals surface area contributed by atoms with Gasteiger partial charge in [-0.2, -0.15) is 18.3 Å². The molecule has 1 atom stereocenters. The molecule has 1 heterocycles. The molecule has 0 bridgehead atoms. The molecule has 0 amide bonds. The van der Waals surface area contributed by atoms with Gasteiger partial charge in [-0.3, -0.25) is 4.68 Å². The van der Waals surface area contributed by atoms with Gasteiger partial charge in [-0.1, -0.05) is 18.2 Å². The zero-order chi connectivity index (χ0) is 22.0. The third-order valence-corrected chi connectivity index (χ3v) is 5.47. The Bertz CT molecular complexity index is 906. The van der Waals surface area contributed by atoms with Gasteiger partial charge in [0.15, 0.2) is 5.96 Å². The number of nitrogens with zero attached hydrogens (tertiary/aromatic N) is 3. The second-order valence-corrected chi connectivity index (χ2v) is 8.08. The van der Waals surface area contributed by atoms with Crippen LogP contribution in [0, 0.1) is 0 Å². The summed E-state index contributed by atoms with van der Waals surface area (Å²) >= 11 is 0. The van der Waals surface area contributed by atoms with E-state index in [0.29, 0.717) is 30.2 Å². The highest BCUT2D eigenvalue weighted by atomic mass is 127. The molecule has 1 aromatic carbocycles. The van der Waals surface area contributed by atoms with Crippen molar-refractivity contribution in [2.45, 2.75) is 43.9 Å². The molecule has 1 fully saturated rings. The lowest BCUT2D eigenvalue weighted by molar-refractivity contribution is -0.137. The topological polar surface area (TPSA) is 74.5 Å². The Labute approximate surface area is 197 Å². The van der Waals surface area contributed by atoms with Crippen molar-refractivity contribution in [2.75, 3.05) is 19.6 Å². The fourth-order valence-electron chi connectivity index (χ4n) is 3.36. The van der Waals surface area contributed by atoms with Crippen molar-refractivity contribution in [3.63, 3.8) is 0 Å². The SMILES string of the molecule is CCNC(=NCC(C)(O)c1cnn(C)c1)NCC1(c2cccc(C(F)(F)F)c2)CC1.I. The van der Waals surface area contributed by atoms with Crippen LogP contribution in [-0.4, -0.2) is 40.5 Å². The number of rotatable bonds is 7. The first kappa shape index (κ1) is 25.4. The molecule has 1 aliphatic carbocycles. The molecular weight excluding hydrogens is 522 g/mol. The summed E-state index contributed by atoms with van der Waals surface area (Å²) in [6.07, 6.45) is 0.613. The predicted molar refractivity (Wildman–Crippen MR) is 125 cm³/mol. The fraction of sp³-hybridized carbons (Fsp3) is 0.524. The predicted octanol–water partition coefficient (Wildman–Crippen LogP) is 3.55. The molecule has 172 valence electrons. The highest BCUT2D eigenvalue weighted by Crippen LogP contribution is 2.48. The van der Waals surface area contributed by atoms with Gasteiger partial charge in [0.1, 0.15) is 5.60 Å². The summed E-state index contributed by atoms with van der Waals surface area (Å²) in [6.45, 7) is 4.80. The molecular formula is C21H29F3IN5O. The number of nitrogens with one attached hydrogen (secondary N) is 2. The molecule has 10 heteroatoms. The number of hydrogen-bond donors (Lipinski definition) is 3. The van der Waals surface area contributed by atoms with E-state index in [1.807, 2.05) is 6.92 Å². The summed E-state index contributed by atoms with van der Waals surface area (Å²) < 4.78 is 40.8. The van der Waals surface area contributed by atoms with Crippen LogP contribution in [0.15, 0.2) is 41.7 Å². The molecule has 3 N–H and O–H groups in total. The van der Waals surface area contributed by atoms with Gasteiger partial charge >= 0.3 is 6.18 Å². The minimum absolute atomic E-state index is 0. The summed E-state index contributed by atoms with van der Waals surface area (Å²) in [7, 11) is 1.78. The molecule has 0 aliphatic heterocycles. The Balaban J connectivity index is 0.00000341. The van der Waals surface area contributed by atoms with Crippen molar-refractivity contribution in [3.8, 4) is 0 Å². The highest BCUT2D eigenvalue weighted by Gasteiger charge is 2.45. The fourth-order valence-corrected chi connectivity index (χ4v) is 3.36. The van der Waals surface area contributed by atoms with Gasteiger partial charge in [-0.05, 0) is 38.3 Å². The Morgan fingerprint density at radius 1 is 1.26 bits per heavy atom. The maximum atomic E-state index is 13.1. The molecule has 2 aromatic rings. The number of aliphatic hydroxyl groups is 1. The van der Waals surface area contributed by atoms with E-state index < -0.39 is 17.3 Å². The van der Waals surface area contributed by atoms with Crippen molar-refractivity contribution in [2.24, 2.45) is 12.0 Å². The normalized spacial score (nSPS) is 17.5. The number of guanidine groups is 1. The number of benzene rings is 1. The molecule has 6 nitrogen and oxygen atoms in total. The van der Waals surface area contributed by atoms with Gasteiger partial charge in [0.25, 0.3) is 0 Å². The molecule has 0 radical (unpaired) electrons. The molecule has 1 aliphatic rings. The van der Waals surface area contributed by atoms with Crippen LogP contribution in [0.4, 0.5) is 13.2 Å². The average Bonchev–Trinajstić information content (AvgIpc) is 3.35. The average molecular weight is 551 g/mol. The second-order valence-electron chi connectivity index (χ2n) is 8.08. The van der Waals surface area contributed by atoms with Gasteiger partial charge in [0.05, 0.1) is 18.3 Å². The van der Waals surface area contributed by atoms with E-state index in [1.165, 1.54) is 12.1 Å². The monoisotopic (exact) mass is 551 g/mol. The van der Waals surface area contributed by atoms with Crippen LogP contribution in [-0.2, 0) is 24.2 Å². The standard InChI is InChI=1S/C21H28F3N5O.HI/c1-4-25-18(26-13-19(2,30)17-11-28-29(3)12-17)27-14-20(8-9-20)15-6-5-7-16(10-15)21(22,23)24;/h5-7,10-12,30H,4,8-9,13-14H2,1-3H3,(H2,25,26,27);1H. The van der Waals surface area contributed by atoms with Gasteiger partial charge in [-0.15, -0.1) is 24.0 Å². The van der Waals surface area contributed by atoms with Gasteiger partial charge in [-0.25, -0.2) is 4.99 Å². The van der Waals surface area contributed by atoms with Crippen molar-refractivity contribution < 1.29 is 18.3 Å². The van der Waals surface area contributed by atoms with Crippen LogP contribution in [0.2, 0.25) is 0 Å². The third kappa shape index (κ3) is 6.34. The summed E-state index contributed by atoms with van der Waals surface area (Å²) in [5.74, 6) is 0.514. The zero-order valence-electron chi connectivity index (χ0n) is 17.8. The zero-order valence-corrected chi connectivity index (χ0v) is 20.2. The van der Waals surface area contributed by atoms with Crippen molar-refractivity contribution in [3.05, 3.63) is 53.3 Å². The largest absolute Gasteiger partial charge is 0.416 e. The van der Waals surface area contributed by atoms with Crippen molar-refractivity contribution >= 4 is 29.9 Å². The maximum absolute atomic E-state index is 13.1. The minimum Gasteiger partial charge on any atom is -0.383 e. The lowest BCUT2D eigenvalue weighted by Gasteiger charge is -2.22. The van der Waals surface area contributed by atoms with Crippen LogP contribution in [0.5, 0.6) is 0 Å². The van der Waals surface area contributed by atoms with E-state index in [1.54, 1.807) is 37.1 Å². The van der Waals surface area contributed by atoms with E-state index in [4.69, 9.17) is 0 Å². The first-order valence-corrected chi connectivity index (χ1v) is 9.97. The van der Waals surface area contributed by atoms with Gasteiger partial charge in [0, 0.05) is 37.3 Å². The summed E-state index contributed by atoms with van der Waals surface area (Å²) in [4.78, 5) is 4.48. The quantitative estimate of drug-likeness (QED) is 0.280. The van der Waals surface area contributed by atoms with Gasteiger partial charge < -0.3 is 15.7 Å². The van der Waals surface area contributed by atoms with E-state index in [0.717, 1.165) is 18.9 Å². The van der Waals surface area contributed by atoms with E-state index in [-0.39, 0.29) is 35.9 Å². The van der Waals surface area contributed by atoms with E-state index in [2.05, 4.69) is 20.7 Å². The highest BCUT2D eigenvalue weighted by molar-refractivity contribution is 14.0. The molecule has 31 heavy (non-hydrogen) atoms. The molecule has 1 unspecified atom stereocenters. The van der Waals surface area contributed by atoms with Gasteiger partial charge in [0.2, 0.25) is 0 Å². The van der Waals surface area contributed by atoms with Crippen LogP contribution >= 0.6 is 24.0 Å². The van der Waals surface area contributed by atoms with Crippen molar-refractivity contribution in [1.82, 2.24) is 20.4 Å². The smallest absolute Gasteiger partial charge is 0.383 e. The Morgan fingerprint density at radius 2 is 1.97 bits per heavy atom. The maximum Gasteiger partial charge on any atom is 0.416 e. The van der Waals surface area contributed by atoms with E-state index in [9.17, 15) is 18.3 Å². The first-order valence-electron chi connectivity index (χ1n) is 9.97. The lowest BCUT2D eigenvalue weighted by atomic mass is 9.94. The second kappa shape index (κ2) is 9.76. The summed E-state index contributed by atoms with van der Waals surface area (Å²) in [5, 5.41) is 21.2. The Kier molecular flexibility index (Phi) is 8.01. The van der Waals surface area contributed by atoms with Crippen LogP contribution in [0.1, 0.15) is 43.4 Å². The van der Waals surface area contributed by atoms with Crippen molar-refractivity contribution in [1.29, 1.82) is 0 Å². The number of halogens is 4. The molecule has 1 saturated carbocycles. The molecule has 0 saturated heterocycles. The molecule has 1 aromatic heterocycles. The summed E-state index contributed by atoms with van der Waals surface area (Å²) in [6, 6.07) is 5.55. The van der Waals surface area contributed by atoms with Crippen LogP contribution < -0.4 is 10.6 Å². The Morgan fingerprint density at radius 3 is 2.52 bits per heavy atom. The first-order chi connectivity index (χ1) is 14.1. The Hall–Kier alpha value is -1.82. The van der Waals surface area contributed by atoms with Crippen LogP contribution in [0.25, 0.3) is 0 Å². The lowest BCUT2D eigenvalue weighted by Crippen LogP contribution is -2.42. The molecule has 0 spiro atoms. The van der Waals surface area contributed by atoms with E-state index >= 15 is 0 Å². The minimum atomic E-state index is -4.35. The third-order valence-electron chi connectivity index (χ3n) is 5.47. The number of aromatic nitrogens is 2. The summed E-state index contributed by atoms with van der Waals surface area (Å²) in [5.41, 5.74) is -0.798. The van der Waals surface area contributed by atoms with Crippen LogP contribution in [0.3, 0.4) is 0 Å². The number of aliphatic imine (C=N–C) groups is 1. The molecule has 3 rings (SSSR count). The number of alkyl halides is 3. The number of aryl methyl sites for hydroxylation is 1.